The lowest BCUT2D eigenvalue weighted by Crippen LogP contribution is -2.54. The maximum absolute atomic E-state index is 12.9. The zero-order chi connectivity index (χ0) is 22.9. The average molecular weight is 458 g/mol. The Morgan fingerprint density at radius 2 is 1.72 bits per heavy atom. The number of halogens is 1. The van der Waals surface area contributed by atoms with Gasteiger partial charge < -0.3 is 20.3 Å². The summed E-state index contributed by atoms with van der Waals surface area (Å²) >= 11 is 6.16. The number of carbonyl (C=O) groups is 3. The molecule has 0 radical (unpaired) electrons. The molecule has 1 heterocycles. The maximum Gasteiger partial charge on any atom is 0.253 e. The van der Waals surface area contributed by atoms with Crippen LogP contribution in [0.3, 0.4) is 0 Å². The molecule has 1 unspecified atom stereocenters. The van der Waals surface area contributed by atoms with Gasteiger partial charge in [-0.2, -0.15) is 0 Å². The predicted octanol–water partition coefficient (Wildman–Crippen LogP) is 2.75. The second-order valence-corrected chi connectivity index (χ2v) is 8.12. The second kappa shape index (κ2) is 11.6. The lowest BCUT2D eigenvalue weighted by Gasteiger charge is -2.36. The van der Waals surface area contributed by atoms with Crippen molar-refractivity contribution >= 4 is 29.3 Å². The summed E-state index contributed by atoms with van der Waals surface area (Å²) in [6, 6.07) is 15.1. The number of nitrogens with one attached hydrogen (secondary N) is 2. The molecule has 0 aliphatic carbocycles. The van der Waals surface area contributed by atoms with Crippen molar-refractivity contribution in [2.75, 3.05) is 33.4 Å². The van der Waals surface area contributed by atoms with Crippen molar-refractivity contribution in [2.45, 2.75) is 18.9 Å². The van der Waals surface area contributed by atoms with Crippen molar-refractivity contribution in [3.63, 3.8) is 0 Å². The largest absolute Gasteiger partial charge is 0.383 e. The third-order valence-electron chi connectivity index (χ3n) is 5.61. The number of likely N-dealkylation sites (tertiary alicyclic amines) is 1. The smallest absolute Gasteiger partial charge is 0.253 e. The van der Waals surface area contributed by atoms with Gasteiger partial charge in [0, 0.05) is 32.3 Å². The van der Waals surface area contributed by atoms with E-state index in [1.165, 1.54) is 0 Å². The van der Waals surface area contributed by atoms with E-state index in [0.717, 1.165) is 0 Å². The van der Waals surface area contributed by atoms with E-state index in [1.807, 2.05) is 18.2 Å². The SMILES string of the molecule is COCCNC(=O)C(NC(=O)c1ccccc1Cl)C1CCN(C(=O)c2ccccc2)CC1. The molecule has 32 heavy (non-hydrogen) atoms. The summed E-state index contributed by atoms with van der Waals surface area (Å²) in [6.45, 7) is 1.75. The van der Waals surface area contributed by atoms with Crippen molar-refractivity contribution in [1.29, 1.82) is 0 Å². The van der Waals surface area contributed by atoms with E-state index in [-0.39, 0.29) is 17.7 Å². The van der Waals surface area contributed by atoms with Crippen molar-refractivity contribution in [3.05, 3.63) is 70.7 Å². The number of nitrogens with zero attached hydrogens (tertiary/aromatic N) is 1. The normalized spacial score (nSPS) is 15.1. The Morgan fingerprint density at radius 3 is 2.38 bits per heavy atom. The highest BCUT2D eigenvalue weighted by atomic mass is 35.5. The molecule has 0 bridgehead atoms. The van der Waals surface area contributed by atoms with Gasteiger partial charge >= 0.3 is 0 Å². The minimum absolute atomic E-state index is 0.0229. The van der Waals surface area contributed by atoms with Crippen molar-refractivity contribution in [3.8, 4) is 0 Å². The summed E-state index contributed by atoms with van der Waals surface area (Å²) in [5.41, 5.74) is 0.965. The first kappa shape index (κ1) is 23.8. The Morgan fingerprint density at radius 1 is 1.06 bits per heavy atom. The maximum atomic E-state index is 12.9. The first-order valence-corrected chi connectivity index (χ1v) is 11.1. The van der Waals surface area contributed by atoms with Gasteiger partial charge in [-0.3, -0.25) is 14.4 Å². The highest BCUT2D eigenvalue weighted by molar-refractivity contribution is 6.33. The van der Waals surface area contributed by atoms with Gasteiger partial charge in [0.05, 0.1) is 17.2 Å². The molecule has 2 aromatic carbocycles. The fourth-order valence-electron chi connectivity index (χ4n) is 3.85. The van der Waals surface area contributed by atoms with E-state index in [2.05, 4.69) is 10.6 Å². The van der Waals surface area contributed by atoms with Crippen LogP contribution in [0.1, 0.15) is 33.6 Å². The van der Waals surface area contributed by atoms with Crippen LogP contribution in [0, 0.1) is 5.92 Å². The number of hydrogen-bond acceptors (Lipinski definition) is 4. The number of ether oxygens (including phenoxy) is 1. The van der Waals surface area contributed by atoms with Crippen LogP contribution in [0.25, 0.3) is 0 Å². The van der Waals surface area contributed by atoms with E-state index in [9.17, 15) is 14.4 Å². The van der Waals surface area contributed by atoms with Crippen LogP contribution in [-0.4, -0.2) is 62.0 Å². The molecule has 3 rings (SSSR count). The monoisotopic (exact) mass is 457 g/mol. The molecule has 2 N–H and O–H groups in total. The molecule has 0 saturated carbocycles. The van der Waals surface area contributed by atoms with Gasteiger partial charge in [-0.25, -0.2) is 0 Å². The summed E-state index contributed by atoms with van der Waals surface area (Å²) in [4.78, 5) is 40.3. The first-order chi connectivity index (χ1) is 15.5. The lowest BCUT2D eigenvalue weighted by atomic mass is 9.88. The van der Waals surface area contributed by atoms with Gasteiger partial charge in [0.25, 0.3) is 11.8 Å². The number of hydrogen-bond donors (Lipinski definition) is 2. The van der Waals surface area contributed by atoms with Crippen molar-refractivity contribution < 1.29 is 19.1 Å². The molecule has 1 aliphatic heterocycles. The summed E-state index contributed by atoms with van der Waals surface area (Å²) in [7, 11) is 1.56. The molecular formula is C24H28ClN3O4. The molecule has 1 aliphatic rings. The van der Waals surface area contributed by atoms with Crippen LogP contribution in [-0.2, 0) is 9.53 Å². The Hall–Kier alpha value is -2.90. The van der Waals surface area contributed by atoms with E-state index in [0.29, 0.717) is 55.2 Å². The summed E-state index contributed by atoms with van der Waals surface area (Å²) in [5.74, 6) is -0.797. The molecule has 1 fully saturated rings. The summed E-state index contributed by atoms with van der Waals surface area (Å²) < 4.78 is 5.00. The Labute approximate surface area is 193 Å². The average Bonchev–Trinajstić information content (AvgIpc) is 2.83. The Kier molecular flexibility index (Phi) is 8.64. The van der Waals surface area contributed by atoms with Crippen molar-refractivity contribution in [2.24, 2.45) is 5.92 Å². The highest BCUT2D eigenvalue weighted by Crippen LogP contribution is 2.23. The first-order valence-electron chi connectivity index (χ1n) is 10.7. The van der Waals surface area contributed by atoms with E-state index < -0.39 is 11.9 Å². The Balaban J connectivity index is 1.68. The molecular weight excluding hydrogens is 430 g/mol. The number of piperidine rings is 1. The molecule has 0 spiro atoms. The van der Waals surface area contributed by atoms with Crippen LogP contribution in [0.5, 0.6) is 0 Å². The predicted molar refractivity (Wildman–Crippen MR) is 123 cm³/mol. The van der Waals surface area contributed by atoms with Gasteiger partial charge in [0.2, 0.25) is 5.91 Å². The van der Waals surface area contributed by atoms with Gasteiger partial charge in [0.15, 0.2) is 0 Å². The van der Waals surface area contributed by atoms with Crippen LogP contribution in [0.4, 0.5) is 0 Å². The minimum atomic E-state index is -0.732. The van der Waals surface area contributed by atoms with Gasteiger partial charge in [-0.05, 0) is 43.0 Å². The van der Waals surface area contributed by atoms with Crippen LogP contribution in [0.2, 0.25) is 5.02 Å². The molecule has 0 aromatic heterocycles. The van der Waals surface area contributed by atoms with Gasteiger partial charge in [-0.15, -0.1) is 0 Å². The molecule has 170 valence electrons. The van der Waals surface area contributed by atoms with E-state index in [4.69, 9.17) is 16.3 Å². The Bertz CT molecular complexity index is 930. The summed E-state index contributed by atoms with van der Waals surface area (Å²) in [5, 5.41) is 6.01. The molecule has 7 nitrogen and oxygen atoms in total. The van der Waals surface area contributed by atoms with Crippen LogP contribution < -0.4 is 10.6 Å². The van der Waals surface area contributed by atoms with Gasteiger partial charge in [-0.1, -0.05) is 41.9 Å². The minimum Gasteiger partial charge on any atom is -0.383 e. The van der Waals surface area contributed by atoms with Crippen molar-refractivity contribution in [1.82, 2.24) is 15.5 Å². The molecule has 1 saturated heterocycles. The van der Waals surface area contributed by atoms with E-state index in [1.54, 1.807) is 48.4 Å². The van der Waals surface area contributed by atoms with E-state index >= 15 is 0 Å². The number of methoxy groups -OCH3 is 1. The second-order valence-electron chi connectivity index (χ2n) is 7.71. The molecule has 1 atom stereocenters. The van der Waals surface area contributed by atoms with Crippen LogP contribution >= 0.6 is 11.6 Å². The van der Waals surface area contributed by atoms with Crippen LogP contribution in [0.15, 0.2) is 54.6 Å². The quantitative estimate of drug-likeness (QED) is 0.597. The molecule has 2 aromatic rings. The third-order valence-corrected chi connectivity index (χ3v) is 5.94. The molecule has 3 amide bonds. The zero-order valence-corrected chi connectivity index (χ0v) is 18.8. The zero-order valence-electron chi connectivity index (χ0n) is 18.1. The van der Waals surface area contributed by atoms with Gasteiger partial charge in [0.1, 0.15) is 6.04 Å². The fourth-order valence-corrected chi connectivity index (χ4v) is 4.07. The summed E-state index contributed by atoms with van der Waals surface area (Å²) in [6.07, 6.45) is 1.20. The standard InChI is InChI=1S/C24H28ClN3O4/c1-32-16-13-26-23(30)21(27-22(29)19-9-5-6-10-20(19)25)17-11-14-28(15-12-17)24(31)18-7-3-2-4-8-18/h2-10,17,21H,11-16H2,1H3,(H,26,30)(H,27,29). The molecule has 8 heteroatoms. The number of carbonyl (C=O) groups excluding carboxylic acids is 3. The topological polar surface area (TPSA) is 87.7 Å². The number of amides is 3. The number of rotatable bonds is 8. The third kappa shape index (κ3) is 6.08. The highest BCUT2D eigenvalue weighted by Gasteiger charge is 2.34. The fraction of sp³-hybridized carbons (Fsp3) is 0.375. The lowest BCUT2D eigenvalue weighted by molar-refractivity contribution is -0.124. The number of benzene rings is 2.